The third-order valence-electron chi connectivity index (χ3n) is 2.23. The largest absolute Gasteiger partial charge is 0.414 e. The minimum atomic E-state index is -3.84. The van der Waals surface area contributed by atoms with Crippen molar-refractivity contribution in [2.75, 3.05) is 0 Å². The molecule has 4 heteroatoms. The van der Waals surface area contributed by atoms with Crippen LogP contribution in [0.5, 0.6) is 0 Å². The Hall–Kier alpha value is -0.470. The summed E-state index contributed by atoms with van der Waals surface area (Å²) in [5, 5.41) is -0.992. The van der Waals surface area contributed by atoms with Crippen molar-refractivity contribution >= 4 is 7.94 Å². The van der Waals surface area contributed by atoms with Crippen LogP contribution in [0, 0.1) is 0 Å². The molecule has 3 N–H and O–H groups in total. The molecule has 3 nitrogen and oxygen atoms in total. The van der Waals surface area contributed by atoms with Gasteiger partial charge in [0.25, 0.3) is 0 Å². The molecule has 0 saturated heterocycles. The van der Waals surface area contributed by atoms with Gasteiger partial charge in [0, 0.05) is 5.56 Å². The average Bonchev–Trinajstić information content (AvgIpc) is 2.04. The van der Waals surface area contributed by atoms with Crippen LogP contribution in [-0.2, 0) is 5.16 Å². The third-order valence-corrected chi connectivity index (χ3v) is 3.99. The predicted octanol–water partition coefficient (Wildman–Crippen LogP) is 1.66. The SMILES string of the molecule is CC(C)(c1ccccc1)[P+](O)(O)O. The zero-order chi connectivity index (χ0) is 10.1. The van der Waals surface area contributed by atoms with Gasteiger partial charge in [-0.05, 0) is 13.8 Å². The molecule has 0 aliphatic heterocycles. The van der Waals surface area contributed by atoms with Gasteiger partial charge in [-0.25, -0.2) is 0 Å². The summed E-state index contributed by atoms with van der Waals surface area (Å²) in [5.74, 6) is 0. The quantitative estimate of drug-likeness (QED) is 0.638. The van der Waals surface area contributed by atoms with Crippen LogP contribution in [0.4, 0.5) is 0 Å². The highest BCUT2D eigenvalue weighted by Crippen LogP contribution is 2.63. The van der Waals surface area contributed by atoms with Crippen LogP contribution >= 0.6 is 7.94 Å². The fourth-order valence-electron chi connectivity index (χ4n) is 1.02. The maximum absolute atomic E-state index is 9.22. The van der Waals surface area contributed by atoms with E-state index in [1.54, 1.807) is 38.1 Å². The first kappa shape index (κ1) is 10.6. The van der Waals surface area contributed by atoms with E-state index in [2.05, 4.69) is 0 Å². The summed E-state index contributed by atoms with van der Waals surface area (Å²) in [5.41, 5.74) is 0.718. The Kier molecular flexibility index (Phi) is 2.74. The van der Waals surface area contributed by atoms with Crippen molar-refractivity contribution in [3.63, 3.8) is 0 Å². The molecule has 0 radical (unpaired) electrons. The van der Waals surface area contributed by atoms with Gasteiger partial charge >= 0.3 is 7.94 Å². The second-order valence-corrected chi connectivity index (χ2v) is 5.75. The third kappa shape index (κ3) is 2.06. The minimum absolute atomic E-state index is 0.718. The molecule has 0 bridgehead atoms. The molecular formula is C9H14O3P+. The summed E-state index contributed by atoms with van der Waals surface area (Å²) in [4.78, 5) is 27.7. The van der Waals surface area contributed by atoms with Gasteiger partial charge in [0.2, 0.25) is 0 Å². The fraction of sp³-hybridized carbons (Fsp3) is 0.333. The van der Waals surface area contributed by atoms with Crippen LogP contribution in [0.15, 0.2) is 30.3 Å². The molecule has 1 aromatic carbocycles. The topological polar surface area (TPSA) is 60.7 Å². The van der Waals surface area contributed by atoms with Crippen LogP contribution in [0.2, 0.25) is 0 Å². The Bertz CT molecular complexity index is 277. The van der Waals surface area contributed by atoms with Crippen molar-refractivity contribution in [1.82, 2.24) is 0 Å². The summed E-state index contributed by atoms with van der Waals surface area (Å²) < 4.78 is 0. The summed E-state index contributed by atoms with van der Waals surface area (Å²) in [6, 6.07) is 8.96. The number of rotatable bonds is 2. The Labute approximate surface area is 78.3 Å². The normalized spacial score (nSPS) is 13.0. The van der Waals surface area contributed by atoms with Crippen molar-refractivity contribution < 1.29 is 14.7 Å². The van der Waals surface area contributed by atoms with Crippen LogP contribution in [0.1, 0.15) is 19.4 Å². The van der Waals surface area contributed by atoms with Gasteiger partial charge in [-0.3, -0.25) is 0 Å². The van der Waals surface area contributed by atoms with Crippen molar-refractivity contribution in [1.29, 1.82) is 0 Å². The first-order valence-electron chi connectivity index (χ1n) is 3.98. The molecule has 0 fully saturated rings. The fourth-order valence-corrected chi connectivity index (χ4v) is 1.51. The zero-order valence-electron chi connectivity index (χ0n) is 7.68. The molecule has 0 aliphatic carbocycles. The van der Waals surface area contributed by atoms with Gasteiger partial charge in [-0.15, -0.1) is 0 Å². The number of hydrogen-bond acceptors (Lipinski definition) is 3. The summed E-state index contributed by atoms with van der Waals surface area (Å²) in [7, 11) is -3.84. The van der Waals surface area contributed by atoms with Crippen LogP contribution in [-0.4, -0.2) is 14.7 Å². The molecular weight excluding hydrogens is 187 g/mol. The predicted molar refractivity (Wildman–Crippen MR) is 53.0 cm³/mol. The Morgan fingerprint density at radius 3 is 1.85 bits per heavy atom. The molecule has 1 rings (SSSR count). The maximum atomic E-state index is 9.22. The summed E-state index contributed by atoms with van der Waals surface area (Å²) in [6.07, 6.45) is 0. The lowest BCUT2D eigenvalue weighted by Gasteiger charge is -2.24. The molecule has 13 heavy (non-hydrogen) atoms. The minimum Gasteiger partial charge on any atom is -0.192 e. The molecule has 0 amide bonds. The van der Waals surface area contributed by atoms with Gasteiger partial charge in [-0.2, -0.15) is 14.7 Å². The summed E-state index contributed by atoms with van der Waals surface area (Å²) >= 11 is 0. The first-order chi connectivity index (χ1) is 5.86. The molecule has 0 aliphatic rings. The lowest BCUT2D eigenvalue weighted by atomic mass is 10.0. The van der Waals surface area contributed by atoms with E-state index in [1.807, 2.05) is 6.07 Å². The zero-order valence-corrected chi connectivity index (χ0v) is 8.57. The van der Waals surface area contributed by atoms with Crippen molar-refractivity contribution in [3.05, 3.63) is 35.9 Å². The van der Waals surface area contributed by atoms with E-state index in [9.17, 15) is 14.7 Å². The van der Waals surface area contributed by atoms with Gasteiger partial charge in [0.05, 0.1) is 0 Å². The Morgan fingerprint density at radius 2 is 1.46 bits per heavy atom. The molecule has 72 valence electrons. The Morgan fingerprint density at radius 1 is 1.00 bits per heavy atom. The number of benzene rings is 1. The maximum Gasteiger partial charge on any atom is 0.414 e. The van der Waals surface area contributed by atoms with Gasteiger partial charge in [0.1, 0.15) is 0 Å². The van der Waals surface area contributed by atoms with Crippen LogP contribution in [0.25, 0.3) is 0 Å². The lowest BCUT2D eigenvalue weighted by molar-refractivity contribution is 0.294. The van der Waals surface area contributed by atoms with Crippen molar-refractivity contribution in [2.45, 2.75) is 19.0 Å². The van der Waals surface area contributed by atoms with E-state index in [-0.39, 0.29) is 0 Å². The highest BCUT2D eigenvalue weighted by atomic mass is 31.2. The van der Waals surface area contributed by atoms with E-state index in [4.69, 9.17) is 0 Å². The van der Waals surface area contributed by atoms with E-state index in [1.165, 1.54) is 0 Å². The molecule has 1 aromatic rings. The molecule has 0 saturated carbocycles. The standard InChI is InChI=1S/C9H14O3P/c1-9(2,13(10,11)12)8-6-4-3-5-7-8/h3-7,10-12H,1-2H3/q+1. The van der Waals surface area contributed by atoms with Gasteiger partial charge in [-0.1, -0.05) is 30.3 Å². The second-order valence-electron chi connectivity index (χ2n) is 3.49. The molecule has 0 aromatic heterocycles. The highest BCUT2D eigenvalue weighted by molar-refractivity contribution is 7.59. The van der Waals surface area contributed by atoms with E-state index >= 15 is 0 Å². The van der Waals surface area contributed by atoms with Crippen LogP contribution < -0.4 is 0 Å². The summed E-state index contributed by atoms with van der Waals surface area (Å²) in [6.45, 7) is 3.21. The molecule has 0 spiro atoms. The number of hydrogen-bond donors (Lipinski definition) is 3. The van der Waals surface area contributed by atoms with E-state index in [0.717, 1.165) is 5.56 Å². The average molecular weight is 201 g/mol. The molecule has 0 heterocycles. The van der Waals surface area contributed by atoms with Gasteiger partial charge < -0.3 is 0 Å². The van der Waals surface area contributed by atoms with E-state index < -0.39 is 13.1 Å². The van der Waals surface area contributed by atoms with Crippen molar-refractivity contribution in [3.8, 4) is 0 Å². The van der Waals surface area contributed by atoms with Crippen molar-refractivity contribution in [2.24, 2.45) is 0 Å². The van der Waals surface area contributed by atoms with Crippen LogP contribution in [0.3, 0.4) is 0 Å². The first-order valence-corrected chi connectivity index (χ1v) is 5.63. The molecule has 0 unspecified atom stereocenters. The highest BCUT2D eigenvalue weighted by Gasteiger charge is 2.51. The monoisotopic (exact) mass is 201 g/mol. The second kappa shape index (κ2) is 3.35. The Balaban J connectivity index is 3.08. The van der Waals surface area contributed by atoms with Gasteiger partial charge in [0.15, 0.2) is 5.16 Å². The lowest BCUT2D eigenvalue weighted by Crippen LogP contribution is -2.21. The smallest absolute Gasteiger partial charge is 0.192 e. The molecule has 0 atom stereocenters. The van der Waals surface area contributed by atoms with E-state index in [0.29, 0.717) is 0 Å².